The number of esters is 1. The van der Waals surface area contributed by atoms with Gasteiger partial charge in [0.2, 0.25) is 0 Å². The van der Waals surface area contributed by atoms with Crippen LogP contribution in [-0.4, -0.2) is 17.6 Å². The fourth-order valence-electron chi connectivity index (χ4n) is 1.74. The van der Waals surface area contributed by atoms with Crippen molar-refractivity contribution >= 4 is 12.0 Å². The monoisotopic (exact) mass is 253 g/mol. The van der Waals surface area contributed by atoms with Crippen LogP contribution in [0.25, 0.3) is 17.3 Å². The molecule has 1 aromatic carbocycles. The van der Waals surface area contributed by atoms with Crippen molar-refractivity contribution in [2.24, 2.45) is 0 Å². The molecule has 0 spiro atoms. The lowest BCUT2D eigenvalue weighted by Gasteiger charge is -2.04. The molecule has 0 N–H and O–H groups in total. The molecule has 1 aromatic heterocycles. The van der Waals surface area contributed by atoms with Gasteiger partial charge in [-0.15, -0.1) is 0 Å². The Kier molecular flexibility index (Phi) is 4.45. The van der Waals surface area contributed by atoms with Crippen LogP contribution in [0.2, 0.25) is 0 Å². The second-order valence-corrected chi connectivity index (χ2v) is 3.89. The van der Waals surface area contributed by atoms with Gasteiger partial charge in [-0.1, -0.05) is 36.4 Å². The standard InChI is InChI=1S/C16H15NO2/c1-2-19-15(18)11-10-14-9-6-12-17-16(14)13-7-4-3-5-8-13/h3-12H,2H2,1H3/b11-10+. The fourth-order valence-corrected chi connectivity index (χ4v) is 1.74. The van der Waals surface area contributed by atoms with Gasteiger partial charge in [-0.3, -0.25) is 4.98 Å². The van der Waals surface area contributed by atoms with E-state index in [-0.39, 0.29) is 5.97 Å². The Balaban J connectivity index is 2.30. The summed E-state index contributed by atoms with van der Waals surface area (Å²) in [5.74, 6) is -0.342. The third-order valence-corrected chi connectivity index (χ3v) is 2.57. The van der Waals surface area contributed by atoms with Crippen molar-refractivity contribution in [3.63, 3.8) is 0 Å². The topological polar surface area (TPSA) is 39.2 Å². The molecular weight excluding hydrogens is 238 g/mol. The van der Waals surface area contributed by atoms with Crippen molar-refractivity contribution in [3.8, 4) is 11.3 Å². The zero-order valence-electron chi connectivity index (χ0n) is 10.7. The second-order valence-electron chi connectivity index (χ2n) is 3.89. The van der Waals surface area contributed by atoms with E-state index in [0.29, 0.717) is 6.61 Å². The van der Waals surface area contributed by atoms with E-state index in [1.54, 1.807) is 19.2 Å². The van der Waals surface area contributed by atoms with Gasteiger partial charge in [0.15, 0.2) is 0 Å². The first-order chi connectivity index (χ1) is 9.31. The zero-order valence-corrected chi connectivity index (χ0v) is 10.7. The van der Waals surface area contributed by atoms with E-state index in [9.17, 15) is 4.79 Å². The number of nitrogens with zero attached hydrogens (tertiary/aromatic N) is 1. The van der Waals surface area contributed by atoms with Crippen molar-refractivity contribution in [2.75, 3.05) is 6.61 Å². The predicted octanol–water partition coefficient (Wildman–Crippen LogP) is 3.32. The molecular formula is C16H15NO2. The van der Waals surface area contributed by atoms with Gasteiger partial charge in [-0.25, -0.2) is 4.79 Å². The molecule has 2 aromatic rings. The van der Waals surface area contributed by atoms with Crippen molar-refractivity contribution < 1.29 is 9.53 Å². The Morgan fingerprint density at radius 1 is 1.21 bits per heavy atom. The van der Waals surface area contributed by atoms with Crippen LogP contribution in [0.15, 0.2) is 54.7 Å². The molecule has 0 fully saturated rings. The van der Waals surface area contributed by atoms with Crippen molar-refractivity contribution in [3.05, 3.63) is 60.3 Å². The van der Waals surface area contributed by atoms with Gasteiger partial charge in [0.25, 0.3) is 0 Å². The molecule has 0 aliphatic rings. The zero-order chi connectivity index (χ0) is 13.5. The molecule has 3 heteroatoms. The summed E-state index contributed by atoms with van der Waals surface area (Å²) in [6, 6.07) is 13.6. The Labute approximate surface area is 112 Å². The Hall–Kier alpha value is -2.42. The van der Waals surface area contributed by atoms with E-state index in [2.05, 4.69) is 4.98 Å². The van der Waals surface area contributed by atoms with Crippen LogP contribution in [0.5, 0.6) is 0 Å². The highest BCUT2D eigenvalue weighted by Gasteiger charge is 2.03. The molecule has 0 unspecified atom stereocenters. The number of aromatic nitrogens is 1. The van der Waals surface area contributed by atoms with Gasteiger partial charge in [0.05, 0.1) is 12.3 Å². The number of carbonyl (C=O) groups excluding carboxylic acids is 1. The largest absolute Gasteiger partial charge is 0.463 e. The summed E-state index contributed by atoms with van der Waals surface area (Å²) in [5.41, 5.74) is 2.76. The van der Waals surface area contributed by atoms with Gasteiger partial charge in [0, 0.05) is 23.4 Å². The summed E-state index contributed by atoms with van der Waals surface area (Å²) >= 11 is 0. The maximum atomic E-state index is 11.3. The lowest BCUT2D eigenvalue weighted by Crippen LogP contribution is -1.98. The fraction of sp³-hybridized carbons (Fsp3) is 0.125. The molecule has 96 valence electrons. The van der Waals surface area contributed by atoms with Crippen LogP contribution >= 0.6 is 0 Å². The average molecular weight is 253 g/mol. The Morgan fingerprint density at radius 3 is 2.74 bits per heavy atom. The molecule has 0 atom stereocenters. The SMILES string of the molecule is CCOC(=O)/C=C/c1cccnc1-c1ccccc1. The van der Waals surface area contributed by atoms with Gasteiger partial charge in [-0.2, -0.15) is 0 Å². The highest BCUT2D eigenvalue weighted by molar-refractivity contribution is 5.88. The summed E-state index contributed by atoms with van der Waals surface area (Å²) in [7, 11) is 0. The highest BCUT2D eigenvalue weighted by atomic mass is 16.5. The quantitative estimate of drug-likeness (QED) is 0.619. The van der Waals surface area contributed by atoms with Gasteiger partial charge in [0.1, 0.15) is 0 Å². The molecule has 3 nitrogen and oxygen atoms in total. The molecule has 2 rings (SSSR count). The lowest BCUT2D eigenvalue weighted by atomic mass is 10.1. The summed E-state index contributed by atoms with van der Waals surface area (Å²) < 4.78 is 4.86. The van der Waals surface area contributed by atoms with E-state index >= 15 is 0 Å². The first kappa shape index (κ1) is 13.0. The third kappa shape index (κ3) is 3.52. The van der Waals surface area contributed by atoms with Gasteiger partial charge in [-0.05, 0) is 19.1 Å². The predicted molar refractivity (Wildman–Crippen MR) is 75.3 cm³/mol. The van der Waals surface area contributed by atoms with Gasteiger partial charge >= 0.3 is 5.97 Å². The van der Waals surface area contributed by atoms with E-state index in [0.717, 1.165) is 16.8 Å². The molecule has 0 radical (unpaired) electrons. The molecule has 1 heterocycles. The lowest BCUT2D eigenvalue weighted by molar-refractivity contribution is -0.137. The molecule has 0 amide bonds. The Bertz CT molecular complexity index is 576. The van der Waals surface area contributed by atoms with Crippen LogP contribution in [0.4, 0.5) is 0 Å². The number of hydrogen-bond donors (Lipinski definition) is 0. The number of carbonyl (C=O) groups is 1. The molecule has 0 bridgehead atoms. The van der Waals surface area contributed by atoms with Crippen LogP contribution in [0.3, 0.4) is 0 Å². The third-order valence-electron chi connectivity index (χ3n) is 2.57. The first-order valence-corrected chi connectivity index (χ1v) is 6.16. The minimum absolute atomic E-state index is 0.342. The molecule has 0 saturated carbocycles. The van der Waals surface area contributed by atoms with Crippen molar-refractivity contribution in [1.82, 2.24) is 4.98 Å². The first-order valence-electron chi connectivity index (χ1n) is 6.16. The van der Waals surface area contributed by atoms with E-state index < -0.39 is 0 Å². The smallest absolute Gasteiger partial charge is 0.330 e. The maximum Gasteiger partial charge on any atom is 0.330 e. The molecule has 0 saturated heterocycles. The normalized spacial score (nSPS) is 10.6. The Morgan fingerprint density at radius 2 is 2.00 bits per heavy atom. The summed E-state index contributed by atoms with van der Waals surface area (Å²) in [5, 5.41) is 0. The number of rotatable bonds is 4. The number of benzene rings is 1. The molecule has 0 aliphatic carbocycles. The van der Waals surface area contributed by atoms with Crippen molar-refractivity contribution in [2.45, 2.75) is 6.92 Å². The van der Waals surface area contributed by atoms with Gasteiger partial charge < -0.3 is 4.74 Å². The van der Waals surface area contributed by atoms with Crippen molar-refractivity contribution in [1.29, 1.82) is 0 Å². The number of hydrogen-bond acceptors (Lipinski definition) is 3. The van der Waals surface area contributed by atoms with Crippen LogP contribution in [-0.2, 0) is 9.53 Å². The molecule has 19 heavy (non-hydrogen) atoms. The summed E-state index contributed by atoms with van der Waals surface area (Å²) in [6.45, 7) is 2.16. The van der Waals surface area contributed by atoms with E-state index in [4.69, 9.17) is 4.74 Å². The summed E-state index contributed by atoms with van der Waals surface area (Å²) in [4.78, 5) is 15.7. The second kappa shape index (κ2) is 6.50. The van der Waals surface area contributed by atoms with E-state index in [1.807, 2.05) is 42.5 Å². The van der Waals surface area contributed by atoms with Crippen LogP contribution in [0, 0.1) is 0 Å². The minimum atomic E-state index is -0.342. The number of pyridine rings is 1. The highest BCUT2D eigenvalue weighted by Crippen LogP contribution is 2.21. The number of ether oxygens (including phenoxy) is 1. The average Bonchev–Trinajstić information content (AvgIpc) is 2.47. The van der Waals surface area contributed by atoms with Crippen LogP contribution < -0.4 is 0 Å². The molecule has 0 aliphatic heterocycles. The van der Waals surface area contributed by atoms with E-state index in [1.165, 1.54) is 6.08 Å². The summed E-state index contributed by atoms with van der Waals surface area (Å²) in [6.07, 6.45) is 4.89. The maximum absolute atomic E-state index is 11.3. The minimum Gasteiger partial charge on any atom is -0.463 e. The van der Waals surface area contributed by atoms with Crippen LogP contribution in [0.1, 0.15) is 12.5 Å².